The first-order chi connectivity index (χ1) is 10.4. The largest absolute Gasteiger partial charge is 0.350 e. The number of carbonyl (C=O) groups is 1. The van der Waals surface area contributed by atoms with Crippen molar-refractivity contribution in [2.45, 2.75) is 22.0 Å². The predicted molar refractivity (Wildman–Crippen MR) is 85.6 cm³/mol. The van der Waals surface area contributed by atoms with Crippen LogP contribution in [-0.2, 0) is 9.47 Å². The van der Waals surface area contributed by atoms with Gasteiger partial charge in [0.25, 0.3) is 0 Å². The molecule has 0 aliphatic heterocycles. The van der Waals surface area contributed by atoms with E-state index in [0.717, 1.165) is 0 Å². The molecule has 0 amide bonds. The Morgan fingerprint density at radius 1 is 1.14 bits per heavy atom. The lowest BCUT2D eigenvalue weighted by Gasteiger charge is -2.43. The first-order valence-corrected chi connectivity index (χ1v) is 8.05. The number of ketones is 1. The molecular formula is C16H13Cl3O3. The zero-order valence-electron chi connectivity index (χ0n) is 12.0. The van der Waals surface area contributed by atoms with E-state index in [1.165, 1.54) is 14.2 Å². The molecule has 3 atom stereocenters. The van der Waals surface area contributed by atoms with Crippen LogP contribution in [0, 0.1) is 5.92 Å². The molecule has 3 nitrogen and oxygen atoms in total. The van der Waals surface area contributed by atoms with Crippen LogP contribution in [0.1, 0.15) is 22.3 Å². The highest BCUT2D eigenvalue weighted by Gasteiger charge is 2.83. The Morgan fingerprint density at radius 2 is 1.73 bits per heavy atom. The second-order valence-corrected chi connectivity index (χ2v) is 7.51. The molecule has 2 bridgehead atoms. The van der Waals surface area contributed by atoms with Crippen LogP contribution in [0.25, 0.3) is 5.57 Å². The van der Waals surface area contributed by atoms with Crippen LogP contribution >= 0.6 is 34.8 Å². The number of hydrogen-bond acceptors (Lipinski definition) is 3. The van der Waals surface area contributed by atoms with E-state index in [1.54, 1.807) is 6.07 Å². The van der Waals surface area contributed by atoms with Gasteiger partial charge in [-0.1, -0.05) is 35.9 Å². The van der Waals surface area contributed by atoms with E-state index in [4.69, 9.17) is 44.3 Å². The third-order valence-electron chi connectivity index (χ3n) is 5.25. The van der Waals surface area contributed by atoms with Crippen molar-refractivity contribution < 1.29 is 14.3 Å². The number of methoxy groups -OCH3 is 2. The fourth-order valence-electron chi connectivity index (χ4n) is 4.40. The molecule has 22 heavy (non-hydrogen) atoms. The van der Waals surface area contributed by atoms with Crippen LogP contribution in [0.4, 0.5) is 0 Å². The summed E-state index contributed by atoms with van der Waals surface area (Å²) in [4.78, 5) is 10.5. The number of hydrogen-bond donors (Lipinski definition) is 0. The van der Waals surface area contributed by atoms with E-state index in [1.807, 2.05) is 18.2 Å². The smallest absolute Gasteiger partial charge is 0.217 e. The second kappa shape index (κ2) is 4.28. The molecule has 1 saturated carbocycles. The van der Waals surface area contributed by atoms with Crippen LogP contribution in [0.2, 0.25) is 0 Å². The first-order valence-electron chi connectivity index (χ1n) is 6.91. The Hall–Kier alpha value is -0.580. The molecule has 116 valence electrons. The highest BCUT2D eigenvalue weighted by molar-refractivity contribution is 6.50. The highest BCUT2D eigenvalue weighted by Crippen LogP contribution is 2.74. The van der Waals surface area contributed by atoms with Gasteiger partial charge in [0.1, 0.15) is 9.75 Å². The van der Waals surface area contributed by atoms with Gasteiger partial charge in [-0.25, -0.2) is 0 Å². The quantitative estimate of drug-likeness (QED) is 0.595. The van der Waals surface area contributed by atoms with Crippen molar-refractivity contribution in [2.24, 2.45) is 5.92 Å². The average Bonchev–Trinajstić information content (AvgIpc) is 2.81. The first kappa shape index (κ1) is 15.0. The summed E-state index contributed by atoms with van der Waals surface area (Å²) in [6.07, 6.45) is 0.287. The molecule has 0 spiro atoms. The zero-order valence-corrected chi connectivity index (χ0v) is 14.2. The maximum Gasteiger partial charge on any atom is 0.217 e. The number of fused-ring (bicyclic) bond motifs is 3. The van der Waals surface area contributed by atoms with Crippen molar-refractivity contribution in [2.75, 3.05) is 14.2 Å². The molecule has 0 aromatic heterocycles. The van der Waals surface area contributed by atoms with E-state index >= 15 is 0 Å². The molecule has 0 N–H and O–H groups in total. The van der Waals surface area contributed by atoms with Crippen LogP contribution in [-0.4, -0.2) is 35.5 Å². The van der Waals surface area contributed by atoms with Crippen molar-refractivity contribution in [1.29, 1.82) is 0 Å². The van der Waals surface area contributed by atoms with E-state index in [-0.39, 0.29) is 12.2 Å². The number of Topliss-reactive ketones (excluding diaryl/α,β-unsaturated/α-hetero) is 1. The van der Waals surface area contributed by atoms with E-state index in [9.17, 15) is 4.79 Å². The molecule has 0 heterocycles. The van der Waals surface area contributed by atoms with Crippen molar-refractivity contribution >= 4 is 46.2 Å². The Labute approximate surface area is 143 Å². The van der Waals surface area contributed by atoms with E-state index in [2.05, 4.69) is 0 Å². The number of ether oxygens (including phenoxy) is 2. The van der Waals surface area contributed by atoms with Crippen molar-refractivity contribution in [3.05, 3.63) is 40.4 Å². The average molecular weight is 360 g/mol. The number of rotatable bonds is 2. The monoisotopic (exact) mass is 358 g/mol. The van der Waals surface area contributed by atoms with Gasteiger partial charge < -0.3 is 9.47 Å². The van der Waals surface area contributed by atoms with Gasteiger partial charge in [-0.3, -0.25) is 4.79 Å². The maximum absolute atomic E-state index is 12.9. The van der Waals surface area contributed by atoms with E-state index < -0.39 is 21.5 Å². The fourth-order valence-corrected chi connectivity index (χ4v) is 6.19. The summed E-state index contributed by atoms with van der Waals surface area (Å²) in [7, 11) is 2.95. The number of carbonyl (C=O) groups excluding carboxylic acids is 1. The molecule has 3 aliphatic carbocycles. The number of halogens is 3. The van der Waals surface area contributed by atoms with Gasteiger partial charge in [0.2, 0.25) is 5.79 Å². The number of alkyl halides is 2. The minimum Gasteiger partial charge on any atom is -0.350 e. The second-order valence-electron chi connectivity index (χ2n) is 5.89. The van der Waals surface area contributed by atoms with Crippen molar-refractivity contribution in [3.63, 3.8) is 0 Å². The molecule has 6 heteroatoms. The zero-order chi connectivity index (χ0) is 15.9. The molecular weight excluding hydrogens is 347 g/mol. The molecule has 3 aliphatic rings. The molecule has 1 aromatic carbocycles. The Balaban J connectivity index is 2.13. The third kappa shape index (κ3) is 1.22. The van der Waals surface area contributed by atoms with Gasteiger partial charge in [0.15, 0.2) is 5.78 Å². The van der Waals surface area contributed by atoms with Crippen molar-refractivity contribution in [3.8, 4) is 0 Å². The summed E-state index contributed by atoms with van der Waals surface area (Å²) in [5.74, 6) is -1.94. The van der Waals surface area contributed by atoms with E-state index in [0.29, 0.717) is 21.7 Å². The molecule has 4 rings (SSSR count). The van der Waals surface area contributed by atoms with Gasteiger partial charge in [0, 0.05) is 25.4 Å². The van der Waals surface area contributed by atoms with Crippen LogP contribution in [0.15, 0.2) is 29.3 Å². The summed E-state index contributed by atoms with van der Waals surface area (Å²) < 4.78 is 11.3. The van der Waals surface area contributed by atoms with Crippen LogP contribution in [0.5, 0.6) is 0 Å². The topological polar surface area (TPSA) is 35.5 Å². The summed E-state index contributed by atoms with van der Waals surface area (Å²) in [5.41, 5.74) is 1.99. The third-order valence-corrected chi connectivity index (χ3v) is 7.15. The number of benzene rings is 1. The normalized spacial score (nSPS) is 37.7. The van der Waals surface area contributed by atoms with Crippen molar-refractivity contribution in [1.82, 2.24) is 0 Å². The lowest BCUT2D eigenvalue weighted by Crippen LogP contribution is -2.58. The molecule has 3 unspecified atom stereocenters. The minimum absolute atomic E-state index is 0.0421. The highest BCUT2D eigenvalue weighted by atomic mass is 35.5. The van der Waals surface area contributed by atoms with Gasteiger partial charge in [-0.15, -0.1) is 23.2 Å². The Bertz CT molecular complexity index is 740. The standard InChI is InChI=1S/C16H13Cl3O3/c1-21-16(22-2)14(18)7-10-12(20)9-6-4-3-5-8(9)11(13(14)17)15(10,16)19/h3-6,10H,7H2,1-2H3. The van der Waals surface area contributed by atoms with Gasteiger partial charge >= 0.3 is 0 Å². The summed E-state index contributed by atoms with van der Waals surface area (Å²) in [5, 5.41) is 0.407. The van der Waals surface area contributed by atoms with Gasteiger partial charge in [-0.05, 0) is 12.0 Å². The molecule has 1 aromatic rings. The molecule has 1 fully saturated rings. The maximum atomic E-state index is 12.9. The molecule has 0 radical (unpaired) electrons. The van der Waals surface area contributed by atoms with Gasteiger partial charge in [-0.2, -0.15) is 0 Å². The lowest BCUT2D eigenvalue weighted by atomic mass is 9.71. The minimum atomic E-state index is -1.37. The fraction of sp³-hybridized carbons (Fsp3) is 0.438. The SMILES string of the molecule is COC1(OC)C2(Cl)CC3C(=O)c4ccccc4C(=C2Cl)C31Cl. The summed E-state index contributed by atoms with van der Waals surface area (Å²) in [6.45, 7) is 0. The Morgan fingerprint density at radius 3 is 2.27 bits per heavy atom. The van der Waals surface area contributed by atoms with Gasteiger partial charge in [0.05, 0.1) is 11.0 Å². The van der Waals surface area contributed by atoms with Crippen LogP contribution in [0.3, 0.4) is 0 Å². The predicted octanol–water partition coefficient (Wildman–Crippen LogP) is 3.81. The lowest BCUT2D eigenvalue weighted by molar-refractivity contribution is -0.216. The van der Waals surface area contributed by atoms with Crippen LogP contribution < -0.4 is 0 Å². The summed E-state index contributed by atoms with van der Waals surface area (Å²) in [6, 6.07) is 7.30. The molecule has 0 saturated heterocycles. The summed E-state index contributed by atoms with van der Waals surface area (Å²) >= 11 is 20.4. The Kier molecular flexibility index (Phi) is 2.91.